The van der Waals surface area contributed by atoms with Crippen molar-refractivity contribution in [2.45, 2.75) is 32.5 Å². The molecule has 0 radical (unpaired) electrons. The van der Waals surface area contributed by atoms with Crippen molar-refractivity contribution in [3.05, 3.63) is 47.0 Å². The number of benzene rings is 1. The number of hydrogen-bond acceptors (Lipinski definition) is 3. The van der Waals surface area contributed by atoms with Crippen LogP contribution in [0.5, 0.6) is 0 Å². The third-order valence-electron chi connectivity index (χ3n) is 4.87. The molecule has 1 atom stereocenters. The summed E-state index contributed by atoms with van der Waals surface area (Å²) in [6.45, 7) is 3.15. The summed E-state index contributed by atoms with van der Waals surface area (Å²) in [5.41, 5.74) is 1.96. The van der Waals surface area contributed by atoms with Crippen LogP contribution < -0.4 is 5.32 Å². The molecule has 142 valence electrons. The summed E-state index contributed by atoms with van der Waals surface area (Å²) in [6, 6.07) is 4.18. The standard InChI is InChI=1S/C18H17F3N4O2/c1-9-14(10(2)27-24-9)23-17(26)25-8-7-12-11-5-3-4-6-13(11)22-15(12)16(25)18(19,20)21/h3-6,16,22H,7-8H2,1-2H3,(H,23,26)/t16-/m1/s1. The minimum Gasteiger partial charge on any atom is -0.359 e. The number of anilines is 1. The van der Waals surface area contributed by atoms with Gasteiger partial charge in [0.05, 0.1) is 5.69 Å². The number of alkyl halides is 3. The van der Waals surface area contributed by atoms with Crippen LogP contribution in [0.25, 0.3) is 10.9 Å². The van der Waals surface area contributed by atoms with E-state index >= 15 is 0 Å². The molecule has 0 saturated carbocycles. The Hall–Kier alpha value is -2.97. The zero-order valence-corrected chi connectivity index (χ0v) is 14.6. The number of halogens is 3. The Kier molecular flexibility index (Phi) is 3.90. The summed E-state index contributed by atoms with van der Waals surface area (Å²) in [5.74, 6) is 0.340. The number of aromatic amines is 1. The van der Waals surface area contributed by atoms with Gasteiger partial charge in [0.15, 0.2) is 11.8 Å². The molecule has 0 unspecified atom stereocenters. The molecule has 1 aliphatic rings. The van der Waals surface area contributed by atoms with E-state index in [4.69, 9.17) is 4.52 Å². The molecule has 6 nitrogen and oxygen atoms in total. The summed E-state index contributed by atoms with van der Waals surface area (Å²) in [5, 5.41) is 6.98. The number of hydrogen-bond donors (Lipinski definition) is 2. The lowest BCUT2D eigenvalue weighted by Gasteiger charge is -2.36. The molecule has 3 heterocycles. The van der Waals surface area contributed by atoms with Crippen molar-refractivity contribution in [3.8, 4) is 0 Å². The second-order valence-electron chi connectivity index (χ2n) is 6.58. The zero-order valence-electron chi connectivity index (χ0n) is 14.6. The molecule has 1 aromatic carbocycles. The lowest BCUT2D eigenvalue weighted by molar-refractivity contribution is -0.180. The first-order valence-electron chi connectivity index (χ1n) is 8.44. The normalized spacial score (nSPS) is 17.2. The number of urea groups is 1. The van der Waals surface area contributed by atoms with Gasteiger partial charge in [-0.2, -0.15) is 13.2 Å². The van der Waals surface area contributed by atoms with Gasteiger partial charge in [-0.05, 0) is 31.9 Å². The van der Waals surface area contributed by atoms with Gasteiger partial charge >= 0.3 is 12.2 Å². The maximum atomic E-state index is 13.9. The molecule has 1 aliphatic heterocycles. The summed E-state index contributed by atoms with van der Waals surface area (Å²) in [7, 11) is 0. The van der Waals surface area contributed by atoms with E-state index in [-0.39, 0.29) is 12.2 Å². The molecule has 2 aromatic heterocycles. The van der Waals surface area contributed by atoms with Gasteiger partial charge in [0, 0.05) is 17.4 Å². The first-order chi connectivity index (χ1) is 12.8. The van der Waals surface area contributed by atoms with Crippen molar-refractivity contribution < 1.29 is 22.5 Å². The molecule has 27 heavy (non-hydrogen) atoms. The van der Waals surface area contributed by atoms with Gasteiger partial charge in [-0.1, -0.05) is 23.4 Å². The zero-order chi connectivity index (χ0) is 19.3. The first kappa shape index (κ1) is 17.4. The van der Waals surface area contributed by atoms with Crippen LogP contribution in [0.2, 0.25) is 0 Å². The number of fused-ring (bicyclic) bond motifs is 3. The van der Waals surface area contributed by atoms with E-state index < -0.39 is 18.2 Å². The van der Waals surface area contributed by atoms with Crippen molar-refractivity contribution in [1.29, 1.82) is 0 Å². The van der Waals surface area contributed by atoms with Gasteiger partial charge in [0.25, 0.3) is 0 Å². The van der Waals surface area contributed by atoms with Crippen LogP contribution in [-0.2, 0) is 6.42 Å². The molecule has 9 heteroatoms. The molecule has 0 bridgehead atoms. The van der Waals surface area contributed by atoms with Crippen LogP contribution in [-0.4, -0.2) is 33.8 Å². The minimum absolute atomic E-state index is 0.0175. The predicted octanol–water partition coefficient (Wildman–Crippen LogP) is 4.47. The smallest absolute Gasteiger partial charge is 0.359 e. The number of aryl methyl sites for hydroxylation is 2. The van der Waals surface area contributed by atoms with Crippen molar-refractivity contribution in [3.63, 3.8) is 0 Å². The third-order valence-corrected chi connectivity index (χ3v) is 4.87. The highest BCUT2D eigenvalue weighted by Crippen LogP contribution is 2.43. The second-order valence-corrected chi connectivity index (χ2v) is 6.58. The Morgan fingerprint density at radius 3 is 2.74 bits per heavy atom. The summed E-state index contributed by atoms with van der Waals surface area (Å²) in [6.07, 6.45) is -4.28. The van der Waals surface area contributed by atoms with Crippen LogP contribution >= 0.6 is 0 Å². The maximum absolute atomic E-state index is 13.9. The Labute approximate surface area is 152 Å². The number of nitrogens with zero attached hydrogens (tertiary/aromatic N) is 2. The summed E-state index contributed by atoms with van der Waals surface area (Å²) < 4.78 is 46.7. The van der Waals surface area contributed by atoms with E-state index in [0.29, 0.717) is 34.6 Å². The molecule has 0 saturated heterocycles. The molecular weight excluding hydrogens is 361 g/mol. The highest BCUT2D eigenvalue weighted by molar-refractivity contribution is 5.92. The Morgan fingerprint density at radius 1 is 1.33 bits per heavy atom. The third kappa shape index (κ3) is 2.83. The van der Waals surface area contributed by atoms with Crippen molar-refractivity contribution >= 4 is 22.6 Å². The number of carbonyl (C=O) groups is 1. The topological polar surface area (TPSA) is 74.2 Å². The van der Waals surface area contributed by atoms with Gasteiger partial charge in [-0.15, -0.1) is 0 Å². The van der Waals surface area contributed by atoms with Crippen LogP contribution in [0, 0.1) is 13.8 Å². The van der Waals surface area contributed by atoms with Gasteiger partial charge in [-0.25, -0.2) is 4.79 Å². The van der Waals surface area contributed by atoms with Gasteiger partial charge in [-0.3, -0.25) is 0 Å². The van der Waals surface area contributed by atoms with Crippen LogP contribution in [0.4, 0.5) is 23.7 Å². The maximum Gasteiger partial charge on any atom is 0.414 e. The number of carbonyl (C=O) groups excluding carboxylic acids is 1. The van der Waals surface area contributed by atoms with Crippen molar-refractivity contribution in [2.24, 2.45) is 0 Å². The van der Waals surface area contributed by atoms with E-state index in [1.807, 2.05) is 0 Å². The number of amides is 2. The average Bonchev–Trinajstić information content (AvgIpc) is 3.14. The molecule has 2 N–H and O–H groups in total. The SMILES string of the molecule is Cc1noc(C)c1NC(=O)N1CCc2c([nH]c3ccccc23)[C@@H]1C(F)(F)F. The molecule has 4 rings (SSSR count). The number of H-pyrrole nitrogens is 1. The molecule has 3 aromatic rings. The Morgan fingerprint density at radius 2 is 2.07 bits per heavy atom. The quantitative estimate of drug-likeness (QED) is 0.656. The fourth-order valence-electron chi connectivity index (χ4n) is 3.64. The Bertz CT molecular complexity index is 1000. The highest BCUT2D eigenvalue weighted by Gasteiger charge is 2.50. The average molecular weight is 378 g/mol. The number of aromatic nitrogens is 2. The molecule has 0 aliphatic carbocycles. The van der Waals surface area contributed by atoms with E-state index in [1.165, 1.54) is 0 Å². The van der Waals surface area contributed by atoms with E-state index in [2.05, 4.69) is 15.5 Å². The highest BCUT2D eigenvalue weighted by atomic mass is 19.4. The monoisotopic (exact) mass is 378 g/mol. The fraction of sp³-hybridized carbons (Fsp3) is 0.333. The van der Waals surface area contributed by atoms with Gasteiger partial charge < -0.3 is 19.7 Å². The summed E-state index contributed by atoms with van der Waals surface area (Å²) >= 11 is 0. The number of para-hydroxylation sites is 1. The lowest BCUT2D eigenvalue weighted by Crippen LogP contribution is -2.48. The van der Waals surface area contributed by atoms with Crippen molar-refractivity contribution in [1.82, 2.24) is 15.0 Å². The molecule has 0 spiro atoms. The fourth-order valence-corrected chi connectivity index (χ4v) is 3.64. The number of nitrogens with one attached hydrogen (secondary N) is 2. The predicted molar refractivity (Wildman–Crippen MR) is 92.5 cm³/mol. The Balaban J connectivity index is 1.74. The van der Waals surface area contributed by atoms with Gasteiger partial charge in [0.2, 0.25) is 0 Å². The first-order valence-corrected chi connectivity index (χ1v) is 8.44. The molecule has 0 fully saturated rings. The van der Waals surface area contributed by atoms with Crippen LogP contribution in [0.15, 0.2) is 28.8 Å². The van der Waals surface area contributed by atoms with E-state index in [9.17, 15) is 18.0 Å². The number of rotatable bonds is 1. The second kappa shape index (κ2) is 6.04. The minimum atomic E-state index is -4.62. The summed E-state index contributed by atoms with van der Waals surface area (Å²) in [4.78, 5) is 16.4. The van der Waals surface area contributed by atoms with Crippen LogP contribution in [0.1, 0.15) is 28.8 Å². The molecular formula is C18H17F3N4O2. The van der Waals surface area contributed by atoms with Crippen LogP contribution in [0.3, 0.4) is 0 Å². The largest absolute Gasteiger partial charge is 0.414 e. The van der Waals surface area contributed by atoms with Crippen molar-refractivity contribution in [2.75, 3.05) is 11.9 Å². The van der Waals surface area contributed by atoms with E-state index in [0.717, 1.165) is 10.3 Å². The van der Waals surface area contributed by atoms with E-state index in [1.54, 1.807) is 38.1 Å². The van der Waals surface area contributed by atoms with Gasteiger partial charge in [0.1, 0.15) is 11.4 Å². The lowest BCUT2D eigenvalue weighted by atomic mass is 9.97. The molecule has 2 amide bonds.